The molecular weight excluding hydrogens is 512 g/mol. The fourth-order valence-electron chi connectivity index (χ4n) is 5.06. The van der Waals surface area contributed by atoms with Crippen LogP contribution in [0.4, 0.5) is 8.78 Å². The minimum absolute atomic E-state index is 0.168. The average molecular weight is 546 g/mol. The maximum absolute atomic E-state index is 12.6. The van der Waals surface area contributed by atoms with Crippen LogP contribution in [-0.2, 0) is 24.2 Å². The number of aromatic nitrogens is 1. The second-order valence-corrected chi connectivity index (χ2v) is 10.0. The molecule has 0 aliphatic carbocycles. The van der Waals surface area contributed by atoms with E-state index in [2.05, 4.69) is 40.2 Å². The van der Waals surface area contributed by atoms with E-state index in [4.69, 9.17) is 10.8 Å². The molecule has 1 amide bonds. The van der Waals surface area contributed by atoms with E-state index in [1.165, 1.54) is 59.8 Å². The first-order valence-electron chi connectivity index (χ1n) is 13.4. The Bertz CT molecular complexity index is 1470. The number of hydrogen-bond acceptors (Lipinski definition) is 4. The third kappa shape index (κ3) is 7.93. The Morgan fingerprint density at radius 1 is 0.900 bits per heavy atom. The van der Waals surface area contributed by atoms with Gasteiger partial charge in [-0.1, -0.05) is 42.8 Å². The van der Waals surface area contributed by atoms with Gasteiger partial charge in [-0.2, -0.15) is 0 Å². The molecule has 4 aromatic rings. The number of nitrogens with two attached hydrogens (primary N) is 1. The van der Waals surface area contributed by atoms with Crippen molar-refractivity contribution in [3.63, 3.8) is 0 Å². The number of benzene rings is 3. The standard InChI is InChI=1S/C25H28N2O2.C7H5F2NO/c28-25(29)8-7-19-5-4-6-20(13-19)14-23-16-21(18-27-11-2-1-3-12-27)15-22-9-10-26-17-24(22)23;8-4-2-1-3-5(9)6(4)7(10)11/h4-6,9-10,13,15-17H,1-3,7-8,11-12,14,18H2,(H,28,29);1-3H,(H2,10,11). The summed E-state index contributed by atoms with van der Waals surface area (Å²) in [6, 6.07) is 18.2. The van der Waals surface area contributed by atoms with Gasteiger partial charge in [0.2, 0.25) is 0 Å². The Hall–Kier alpha value is -4.17. The molecule has 2 heterocycles. The van der Waals surface area contributed by atoms with Crippen LogP contribution in [-0.4, -0.2) is 40.0 Å². The van der Waals surface area contributed by atoms with Crippen LogP contribution >= 0.6 is 0 Å². The summed E-state index contributed by atoms with van der Waals surface area (Å²) in [5, 5.41) is 11.4. The van der Waals surface area contributed by atoms with Gasteiger partial charge >= 0.3 is 5.97 Å². The molecule has 0 radical (unpaired) electrons. The van der Waals surface area contributed by atoms with Crippen molar-refractivity contribution in [2.45, 2.75) is 45.1 Å². The fraction of sp³-hybridized carbons (Fsp3) is 0.281. The number of nitrogens with zero attached hydrogens (tertiary/aromatic N) is 2. The zero-order valence-corrected chi connectivity index (χ0v) is 22.3. The summed E-state index contributed by atoms with van der Waals surface area (Å²) < 4.78 is 25.1. The van der Waals surface area contributed by atoms with E-state index >= 15 is 0 Å². The number of amides is 1. The normalized spacial score (nSPS) is 13.4. The number of fused-ring (bicyclic) bond motifs is 1. The van der Waals surface area contributed by atoms with E-state index in [-0.39, 0.29) is 6.42 Å². The first-order valence-corrected chi connectivity index (χ1v) is 13.4. The van der Waals surface area contributed by atoms with Gasteiger partial charge in [-0.15, -0.1) is 0 Å². The van der Waals surface area contributed by atoms with Crippen molar-refractivity contribution in [1.82, 2.24) is 9.88 Å². The number of piperidine rings is 1. The van der Waals surface area contributed by atoms with Crippen molar-refractivity contribution >= 4 is 22.6 Å². The van der Waals surface area contributed by atoms with Crippen LogP contribution < -0.4 is 5.73 Å². The minimum atomic E-state index is -1.10. The van der Waals surface area contributed by atoms with Crippen molar-refractivity contribution in [3.8, 4) is 0 Å². The number of pyridine rings is 1. The molecule has 3 N–H and O–H groups in total. The van der Waals surface area contributed by atoms with Crippen LogP contribution in [0.2, 0.25) is 0 Å². The van der Waals surface area contributed by atoms with Crippen molar-refractivity contribution in [1.29, 1.82) is 0 Å². The van der Waals surface area contributed by atoms with Crippen LogP contribution in [0.5, 0.6) is 0 Å². The summed E-state index contributed by atoms with van der Waals surface area (Å²) in [7, 11) is 0. The zero-order valence-electron chi connectivity index (χ0n) is 22.3. The lowest BCUT2D eigenvalue weighted by Crippen LogP contribution is -2.29. The second kappa shape index (κ2) is 13.8. The minimum Gasteiger partial charge on any atom is -0.481 e. The number of carbonyl (C=O) groups excluding carboxylic acids is 1. The van der Waals surface area contributed by atoms with Crippen LogP contribution in [0.15, 0.2) is 73.1 Å². The number of aliphatic carboxylic acids is 1. The lowest BCUT2D eigenvalue weighted by atomic mass is 9.95. The first-order chi connectivity index (χ1) is 19.3. The van der Waals surface area contributed by atoms with E-state index in [0.29, 0.717) is 6.42 Å². The molecule has 40 heavy (non-hydrogen) atoms. The highest BCUT2D eigenvalue weighted by Gasteiger charge is 2.14. The molecule has 208 valence electrons. The third-order valence-electron chi connectivity index (χ3n) is 6.98. The number of halogens is 2. The van der Waals surface area contributed by atoms with Crippen LogP contribution in [0.1, 0.15) is 58.3 Å². The third-order valence-corrected chi connectivity index (χ3v) is 6.98. The van der Waals surface area contributed by atoms with Gasteiger partial charge in [0, 0.05) is 30.7 Å². The van der Waals surface area contributed by atoms with Crippen LogP contribution in [0, 0.1) is 11.6 Å². The van der Waals surface area contributed by atoms with Gasteiger partial charge < -0.3 is 10.8 Å². The molecule has 0 spiro atoms. The van der Waals surface area contributed by atoms with Gasteiger partial charge in [-0.25, -0.2) is 8.78 Å². The number of hydrogen-bond donors (Lipinski definition) is 2. The van der Waals surface area contributed by atoms with Crippen molar-refractivity contribution in [2.24, 2.45) is 5.73 Å². The number of primary amides is 1. The number of rotatable bonds is 8. The van der Waals surface area contributed by atoms with Crippen molar-refractivity contribution in [3.05, 3.63) is 113 Å². The Morgan fingerprint density at radius 3 is 2.27 bits per heavy atom. The molecule has 8 heteroatoms. The van der Waals surface area contributed by atoms with Crippen LogP contribution in [0.3, 0.4) is 0 Å². The molecule has 0 unspecified atom stereocenters. The Kier molecular flexibility index (Phi) is 9.91. The van der Waals surface area contributed by atoms with Crippen molar-refractivity contribution in [2.75, 3.05) is 13.1 Å². The number of carbonyl (C=O) groups is 2. The second-order valence-electron chi connectivity index (χ2n) is 10.0. The molecule has 0 saturated carbocycles. The van der Waals surface area contributed by atoms with Crippen molar-refractivity contribution < 1.29 is 23.5 Å². The molecule has 0 bridgehead atoms. The van der Waals surface area contributed by atoms with Gasteiger partial charge in [0.1, 0.15) is 17.2 Å². The van der Waals surface area contributed by atoms with E-state index in [9.17, 15) is 18.4 Å². The Morgan fingerprint density at radius 2 is 1.60 bits per heavy atom. The number of carboxylic acids is 1. The molecule has 0 atom stereocenters. The summed E-state index contributed by atoms with van der Waals surface area (Å²) in [5.74, 6) is -3.71. The summed E-state index contributed by atoms with van der Waals surface area (Å²) >= 11 is 0. The summed E-state index contributed by atoms with van der Waals surface area (Å²) in [5.41, 5.74) is 8.96. The first kappa shape index (κ1) is 28.8. The largest absolute Gasteiger partial charge is 0.481 e. The monoisotopic (exact) mass is 545 g/mol. The highest BCUT2D eigenvalue weighted by molar-refractivity contribution is 5.93. The summed E-state index contributed by atoms with van der Waals surface area (Å²) in [6.07, 6.45) is 9.34. The van der Waals surface area contributed by atoms with E-state index < -0.39 is 29.1 Å². The van der Waals surface area contributed by atoms with Gasteiger partial charge in [-0.05, 0) is 90.7 Å². The van der Waals surface area contributed by atoms with E-state index in [1.54, 1.807) is 0 Å². The predicted molar refractivity (Wildman–Crippen MR) is 151 cm³/mol. The van der Waals surface area contributed by atoms with E-state index in [0.717, 1.165) is 36.7 Å². The molecule has 1 saturated heterocycles. The molecule has 5 rings (SSSR count). The topological polar surface area (TPSA) is 96.5 Å². The smallest absolute Gasteiger partial charge is 0.303 e. The number of carboxylic acid groups (broad SMARTS) is 1. The maximum Gasteiger partial charge on any atom is 0.303 e. The molecule has 1 aromatic heterocycles. The Labute approximate surface area is 232 Å². The van der Waals surface area contributed by atoms with Gasteiger partial charge in [0.15, 0.2) is 0 Å². The average Bonchev–Trinajstić information content (AvgIpc) is 2.93. The van der Waals surface area contributed by atoms with Crippen LogP contribution in [0.25, 0.3) is 10.8 Å². The number of aryl methyl sites for hydroxylation is 1. The molecule has 3 aromatic carbocycles. The lowest BCUT2D eigenvalue weighted by Gasteiger charge is -2.26. The van der Waals surface area contributed by atoms with Gasteiger partial charge in [0.05, 0.1) is 0 Å². The quantitative estimate of drug-likeness (QED) is 0.288. The Balaban J connectivity index is 0.000000283. The summed E-state index contributed by atoms with van der Waals surface area (Å²) in [6.45, 7) is 3.38. The number of likely N-dealkylation sites (tertiary alicyclic amines) is 1. The van der Waals surface area contributed by atoms with E-state index in [1.807, 2.05) is 24.5 Å². The lowest BCUT2D eigenvalue weighted by molar-refractivity contribution is -0.136. The predicted octanol–water partition coefficient (Wildman–Crippen LogP) is 5.89. The highest BCUT2D eigenvalue weighted by Crippen LogP contribution is 2.25. The van der Waals surface area contributed by atoms with Gasteiger partial charge in [-0.3, -0.25) is 19.5 Å². The summed E-state index contributed by atoms with van der Waals surface area (Å²) in [4.78, 5) is 28.2. The van der Waals surface area contributed by atoms with Gasteiger partial charge in [0.25, 0.3) is 5.91 Å². The highest BCUT2D eigenvalue weighted by atomic mass is 19.1. The zero-order chi connectivity index (χ0) is 28.5. The molecule has 6 nitrogen and oxygen atoms in total. The fourth-order valence-corrected chi connectivity index (χ4v) is 5.06. The maximum atomic E-state index is 12.6. The SMILES string of the molecule is NC(=O)c1c(F)cccc1F.O=C(O)CCc1cccc(Cc2cc(CN3CCCCC3)cc3ccncc23)c1. The molecule has 1 fully saturated rings. The molecule has 1 aliphatic heterocycles. The molecular formula is C32H33F2N3O3. The molecule has 1 aliphatic rings.